The van der Waals surface area contributed by atoms with Gasteiger partial charge in [0, 0.05) is 0 Å². The van der Waals surface area contributed by atoms with Gasteiger partial charge < -0.3 is 0 Å². The standard InChI is InChI=1S/C16H15.3CH3.Sn/c1-11-8-9-13-12-6-4-5-7-14(12)16(2,3)15(13)10-11;;;;/h4,6-10H,1-3H3;3*1H3;. The first-order valence-electron chi connectivity index (χ1n) is 7.48. The molecular weight excluding hydrogens is 347 g/mol. The van der Waals surface area contributed by atoms with Gasteiger partial charge in [0.25, 0.3) is 0 Å². The quantitative estimate of drug-likeness (QED) is 0.629. The molecule has 0 N–H and O–H groups in total. The predicted octanol–water partition coefficient (Wildman–Crippen LogP) is 4.85. The van der Waals surface area contributed by atoms with E-state index in [9.17, 15) is 0 Å². The van der Waals surface area contributed by atoms with E-state index in [2.05, 4.69) is 72.0 Å². The van der Waals surface area contributed by atoms with E-state index in [1.165, 1.54) is 27.8 Å². The first-order chi connectivity index (χ1) is 9.21. The third kappa shape index (κ3) is 2.04. The van der Waals surface area contributed by atoms with Crippen LogP contribution in [0.15, 0.2) is 36.4 Å². The van der Waals surface area contributed by atoms with Crippen molar-refractivity contribution in [1.82, 2.24) is 0 Å². The van der Waals surface area contributed by atoms with Crippen LogP contribution in [0.1, 0.15) is 30.5 Å². The Morgan fingerprint density at radius 1 is 0.800 bits per heavy atom. The van der Waals surface area contributed by atoms with E-state index < -0.39 is 18.4 Å². The summed E-state index contributed by atoms with van der Waals surface area (Å²) in [5, 5.41) is 0. The van der Waals surface area contributed by atoms with E-state index in [0.717, 1.165) is 0 Å². The Balaban J connectivity index is 2.27. The summed E-state index contributed by atoms with van der Waals surface area (Å²) in [5.74, 6) is 0. The van der Waals surface area contributed by atoms with E-state index in [1.54, 1.807) is 3.58 Å². The van der Waals surface area contributed by atoms with Gasteiger partial charge >= 0.3 is 127 Å². The minimum atomic E-state index is -2.00. The first-order valence-corrected chi connectivity index (χ1v) is 17.5. The van der Waals surface area contributed by atoms with Crippen molar-refractivity contribution in [3.63, 3.8) is 0 Å². The predicted molar refractivity (Wildman–Crippen MR) is 91.7 cm³/mol. The number of fused-ring (bicyclic) bond motifs is 3. The fourth-order valence-corrected chi connectivity index (χ4v) is 6.63. The molecule has 0 aliphatic heterocycles. The van der Waals surface area contributed by atoms with E-state index >= 15 is 0 Å². The molecule has 1 aliphatic rings. The van der Waals surface area contributed by atoms with Gasteiger partial charge in [-0.25, -0.2) is 0 Å². The first kappa shape index (κ1) is 14.2. The summed E-state index contributed by atoms with van der Waals surface area (Å²) in [6, 6.07) is 14.2. The average molecular weight is 371 g/mol. The monoisotopic (exact) mass is 372 g/mol. The Bertz CT molecular complexity index is 687. The zero-order chi connectivity index (χ0) is 14.7. The molecule has 0 saturated carbocycles. The molecule has 0 unspecified atom stereocenters. The summed E-state index contributed by atoms with van der Waals surface area (Å²) in [7, 11) is 0. The summed E-state index contributed by atoms with van der Waals surface area (Å²) >= 11 is -2.00. The number of hydrogen-bond donors (Lipinski definition) is 0. The Morgan fingerprint density at radius 2 is 1.35 bits per heavy atom. The maximum atomic E-state index is 2.51. The van der Waals surface area contributed by atoms with E-state index in [1.807, 2.05) is 0 Å². The topological polar surface area (TPSA) is 0 Å². The van der Waals surface area contributed by atoms with Gasteiger partial charge in [-0.05, 0) is 0 Å². The van der Waals surface area contributed by atoms with Crippen LogP contribution in [-0.2, 0) is 5.41 Å². The van der Waals surface area contributed by atoms with Crippen LogP contribution in [0.5, 0.6) is 0 Å². The molecule has 2 aromatic rings. The van der Waals surface area contributed by atoms with Crippen molar-refractivity contribution in [2.75, 3.05) is 0 Å². The van der Waals surface area contributed by atoms with Crippen LogP contribution in [0.3, 0.4) is 0 Å². The molecule has 0 amide bonds. The minimum absolute atomic E-state index is 0.143. The molecule has 0 fully saturated rings. The van der Waals surface area contributed by atoms with E-state index in [4.69, 9.17) is 0 Å². The molecule has 0 spiro atoms. The third-order valence-electron chi connectivity index (χ3n) is 4.70. The van der Waals surface area contributed by atoms with Crippen LogP contribution < -0.4 is 3.58 Å². The van der Waals surface area contributed by atoms with Crippen LogP contribution in [-0.4, -0.2) is 18.4 Å². The molecule has 20 heavy (non-hydrogen) atoms. The maximum absolute atomic E-state index is 2.51. The van der Waals surface area contributed by atoms with Crippen molar-refractivity contribution in [2.45, 2.75) is 41.0 Å². The molecular formula is C19H24Sn. The van der Waals surface area contributed by atoms with Gasteiger partial charge in [0.05, 0.1) is 0 Å². The number of hydrogen-bond acceptors (Lipinski definition) is 0. The van der Waals surface area contributed by atoms with E-state index in [0.29, 0.717) is 0 Å². The molecule has 0 heterocycles. The molecule has 0 saturated heterocycles. The Labute approximate surface area is 127 Å². The molecule has 0 radical (unpaired) electrons. The second-order valence-corrected chi connectivity index (χ2v) is 22.2. The van der Waals surface area contributed by atoms with Crippen molar-refractivity contribution in [3.05, 3.63) is 53.1 Å². The molecule has 3 rings (SSSR count). The second kappa shape index (κ2) is 4.36. The van der Waals surface area contributed by atoms with Crippen molar-refractivity contribution in [3.8, 4) is 11.1 Å². The molecule has 1 heteroatoms. The Kier molecular flexibility index (Phi) is 3.10. The fraction of sp³-hybridized carbons (Fsp3) is 0.368. The zero-order valence-electron chi connectivity index (χ0n) is 13.5. The second-order valence-electron chi connectivity index (χ2n) is 7.68. The van der Waals surface area contributed by atoms with Gasteiger partial charge in [-0.1, -0.05) is 0 Å². The summed E-state index contributed by atoms with van der Waals surface area (Å²) in [6.07, 6.45) is 0. The van der Waals surface area contributed by atoms with Gasteiger partial charge in [-0.15, -0.1) is 0 Å². The van der Waals surface area contributed by atoms with Crippen LogP contribution in [0.2, 0.25) is 14.8 Å². The van der Waals surface area contributed by atoms with Crippen molar-refractivity contribution < 1.29 is 0 Å². The van der Waals surface area contributed by atoms with Gasteiger partial charge in [-0.3, -0.25) is 0 Å². The van der Waals surface area contributed by atoms with Crippen molar-refractivity contribution in [1.29, 1.82) is 0 Å². The molecule has 0 nitrogen and oxygen atoms in total. The summed E-state index contributed by atoms with van der Waals surface area (Å²) in [6.45, 7) is 6.94. The van der Waals surface area contributed by atoms with Gasteiger partial charge in [0.15, 0.2) is 0 Å². The SMILES string of the molecule is Cc1ccc2c(c1)C(C)(C)c1c[c]([Sn]([CH3])([CH3])[CH3])ccc1-2. The summed E-state index contributed by atoms with van der Waals surface area (Å²) in [4.78, 5) is 7.49. The Hall–Kier alpha value is -0.761. The number of aryl methyl sites for hydroxylation is 1. The third-order valence-corrected chi connectivity index (χ3v) is 10.5. The van der Waals surface area contributed by atoms with Gasteiger partial charge in [0.2, 0.25) is 0 Å². The molecule has 0 atom stereocenters. The van der Waals surface area contributed by atoms with Gasteiger partial charge in [0.1, 0.15) is 0 Å². The zero-order valence-corrected chi connectivity index (χ0v) is 16.3. The average Bonchev–Trinajstić information content (AvgIpc) is 2.57. The summed E-state index contributed by atoms with van der Waals surface area (Å²) < 4.78 is 1.63. The molecule has 1 aliphatic carbocycles. The molecule has 0 bridgehead atoms. The van der Waals surface area contributed by atoms with Crippen LogP contribution in [0.25, 0.3) is 11.1 Å². The van der Waals surface area contributed by atoms with E-state index in [-0.39, 0.29) is 5.41 Å². The number of rotatable bonds is 1. The van der Waals surface area contributed by atoms with Gasteiger partial charge in [-0.2, -0.15) is 0 Å². The fourth-order valence-electron chi connectivity index (χ4n) is 3.32. The molecule has 104 valence electrons. The normalized spacial score (nSPS) is 15.9. The molecule has 0 aromatic heterocycles. The van der Waals surface area contributed by atoms with Crippen LogP contribution >= 0.6 is 0 Å². The van der Waals surface area contributed by atoms with Crippen molar-refractivity contribution >= 4 is 22.0 Å². The molecule has 2 aromatic carbocycles. The summed E-state index contributed by atoms with van der Waals surface area (Å²) in [5.41, 5.74) is 7.41. The van der Waals surface area contributed by atoms with Crippen molar-refractivity contribution in [2.24, 2.45) is 0 Å². The van der Waals surface area contributed by atoms with Crippen LogP contribution in [0.4, 0.5) is 0 Å². The number of benzene rings is 2. The Morgan fingerprint density at radius 3 is 1.95 bits per heavy atom. The van der Waals surface area contributed by atoms with Crippen LogP contribution in [0, 0.1) is 6.92 Å².